The molecule has 2 saturated heterocycles. The van der Waals surface area contributed by atoms with Crippen molar-refractivity contribution in [2.45, 2.75) is 31.8 Å². The van der Waals surface area contributed by atoms with Crippen LogP contribution in [-0.2, 0) is 14.0 Å². The molecule has 3 rings (SSSR count). The van der Waals surface area contributed by atoms with Crippen molar-refractivity contribution in [3.8, 4) is 0 Å². The van der Waals surface area contributed by atoms with E-state index in [-0.39, 0.29) is 20.9 Å². The average Bonchev–Trinajstić information content (AvgIpc) is 2.69. The Labute approximate surface area is 174 Å². The lowest BCUT2D eigenvalue weighted by atomic mass is 9.73. The number of piperidine rings is 1. The zero-order valence-corrected chi connectivity index (χ0v) is 18.3. The van der Waals surface area contributed by atoms with Crippen LogP contribution in [0, 0.1) is 10.8 Å². The summed E-state index contributed by atoms with van der Waals surface area (Å²) in [5, 5.41) is 8.80. The molecule has 162 valence electrons. The number of likely N-dealkylation sites (tertiary alicyclic amines) is 2. The third-order valence-corrected chi connectivity index (χ3v) is 6.07. The van der Waals surface area contributed by atoms with E-state index in [1.165, 1.54) is 12.8 Å². The molecule has 3 aliphatic heterocycles. The molecule has 10 heteroatoms. The summed E-state index contributed by atoms with van der Waals surface area (Å²) in [7, 11) is 3.82. The largest absolute Gasteiger partial charge is 0.472 e. The topological polar surface area (TPSA) is 102 Å². The molecule has 3 N–H and O–H groups in total. The van der Waals surface area contributed by atoms with Crippen molar-refractivity contribution in [1.29, 1.82) is 5.41 Å². The number of nitrogens with one attached hydrogen (secondary N) is 3. The summed E-state index contributed by atoms with van der Waals surface area (Å²) in [4.78, 5) is 8.82. The Morgan fingerprint density at radius 1 is 1.45 bits per heavy atom. The summed E-state index contributed by atoms with van der Waals surface area (Å²) in [5.74, 6) is 0.859. The first-order valence-electron chi connectivity index (χ1n) is 10.3. The summed E-state index contributed by atoms with van der Waals surface area (Å²) in [6.45, 7) is 5.17. The van der Waals surface area contributed by atoms with Gasteiger partial charge < -0.3 is 24.7 Å². The first-order valence-corrected chi connectivity index (χ1v) is 11.3. The summed E-state index contributed by atoms with van der Waals surface area (Å²) >= 11 is 0. The van der Waals surface area contributed by atoms with E-state index in [2.05, 4.69) is 32.7 Å². The summed E-state index contributed by atoms with van der Waals surface area (Å²) < 4.78 is 22.2. The van der Waals surface area contributed by atoms with Crippen LogP contribution >= 0.6 is 8.46 Å². The monoisotopic (exact) mass is 424 g/mol. The van der Waals surface area contributed by atoms with Gasteiger partial charge in [0.1, 0.15) is 18.3 Å². The quantitative estimate of drug-likeness (QED) is 0.266. The molecule has 1 unspecified atom stereocenters. The lowest BCUT2D eigenvalue weighted by Gasteiger charge is -2.55. The maximum Gasteiger partial charge on any atom is 0.221 e. The fourth-order valence-electron chi connectivity index (χ4n) is 4.44. The second-order valence-corrected chi connectivity index (χ2v) is 8.73. The Balaban J connectivity index is 1.67. The van der Waals surface area contributed by atoms with E-state index in [9.17, 15) is 4.57 Å². The van der Waals surface area contributed by atoms with Gasteiger partial charge in [-0.05, 0) is 39.3 Å². The molecule has 0 radical (unpaired) electrons. The highest BCUT2D eigenvalue weighted by molar-refractivity contribution is 7.23. The number of amidine groups is 1. The van der Waals surface area contributed by atoms with Crippen LogP contribution in [0.25, 0.3) is 0 Å². The predicted molar refractivity (Wildman–Crippen MR) is 114 cm³/mol. The molecular formula is C19H33N6O3P. The first-order chi connectivity index (χ1) is 14.1. The van der Waals surface area contributed by atoms with Gasteiger partial charge in [-0.2, -0.15) is 0 Å². The smallest absolute Gasteiger partial charge is 0.221 e. The van der Waals surface area contributed by atoms with Gasteiger partial charge in [0, 0.05) is 44.8 Å². The molecule has 2 fully saturated rings. The number of hydrogen-bond acceptors (Lipinski definition) is 8. The van der Waals surface area contributed by atoms with Crippen LogP contribution in [0.4, 0.5) is 0 Å². The van der Waals surface area contributed by atoms with E-state index in [0.717, 1.165) is 45.6 Å². The van der Waals surface area contributed by atoms with Gasteiger partial charge in [0.15, 0.2) is 8.46 Å². The molecule has 1 atom stereocenters. The van der Waals surface area contributed by atoms with Crippen molar-refractivity contribution < 1.29 is 14.0 Å². The fraction of sp³-hybridized carbons (Fsp3) is 0.789. The van der Waals surface area contributed by atoms with Crippen LogP contribution in [0.1, 0.15) is 25.7 Å². The van der Waals surface area contributed by atoms with Crippen LogP contribution in [0.2, 0.25) is 0 Å². The molecular weight excluding hydrogens is 391 g/mol. The Kier molecular flexibility index (Phi) is 8.00. The van der Waals surface area contributed by atoms with E-state index in [1.807, 2.05) is 0 Å². The Hall–Kier alpha value is -1.54. The van der Waals surface area contributed by atoms with Crippen molar-refractivity contribution in [2.24, 2.45) is 10.4 Å². The minimum absolute atomic E-state index is 0.0342. The van der Waals surface area contributed by atoms with Crippen LogP contribution in [0.15, 0.2) is 16.8 Å². The minimum atomic E-state index is -0.193. The number of ether oxygens (including phenoxy) is 2. The van der Waals surface area contributed by atoms with Crippen molar-refractivity contribution in [1.82, 2.24) is 20.7 Å². The second-order valence-electron chi connectivity index (χ2n) is 8.21. The second kappa shape index (κ2) is 10.5. The van der Waals surface area contributed by atoms with E-state index in [4.69, 9.17) is 14.9 Å². The molecule has 1 spiro atoms. The molecule has 29 heavy (non-hydrogen) atoms. The van der Waals surface area contributed by atoms with Gasteiger partial charge in [0.2, 0.25) is 5.90 Å². The standard InChI is InChI=1S/C19H33N6O3P/c1-21-18-16(9-23-22-7-3-5-15(28-18)10-27-14-29-26)17(20)25-12-19(13-25)6-4-8-24(2)11-19/h9,15,20,22-23H,3-8,10-14H2,1-2H3. The molecule has 0 aromatic rings. The Morgan fingerprint density at radius 3 is 3.00 bits per heavy atom. The highest BCUT2D eigenvalue weighted by Crippen LogP contribution is 2.39. The molecule has 0 bridgehead atoms. The highest BCUT2D eigenvalue weighted by atomic mass is 31.1. The van der Waals surface area contributed by atoms with Gasteiger partial charge in [-0.3, -0.25) is 15.0 Å². The van der Waals surface area contributed by atoms with Gasteiger partial charge in [-0.25, -0.2) is 5.43 Å². The van der Waals surface area contributed by atoms with E-state index < -0.39 is 0 Å². The fourth-order valence-corrected chi connectivity index (χ4v) is 4.62. The maximum absolute atomic E-state index is 10.6. The van der Waals surface area contributed by atoms with Crippen molar-refractivity contribution in [2.75, 3.05) is 59.8 Å². The molecule has 9 nitrogen and oxygen atoms in total. The number of rotatable bonds is 5. The summed E-state index contributed by atoms with van der Waals surface area (Å²) in [6, 6.07) is 0. The van der Waals surface area contributed by atoms with Crippen molar-refractivity contribution >= 4 is 20.2 Å². The van der Waals surface area contributed by atoms with Crippen molar-refractivity contribution in [3.63, 3.8) is 0 Å². The summed E-state index contributed by atoms with van der Waals surface area (Å²) in [5.41, 5.74) is 7.17. The van der Waals surface area contributed by atoms with Gasteiger partial charge in [0.25, 0.3) is 0 Å². The van der Waals surface area contributed by atoms with E-state index in [0.29, 0.717) is 29.3 Å². The molecule has 0 aromatic heterocycles. The lowest BCUT2D eigenvalue weighted by Crippen LogP contribution is -2.64. The lowest BCUT2D eigenvalue weighted by molar-refractivity contribution is -0.00887. The Morgan fingerprint density at radius 2 is 2.28 bits per heavy atom. The third-order valence-electron chi connectivity index (χ3n) is 5.78. The predicted octanol–water partition coefficient (Wildman–Crippen LogP) is 1.44. The maximum atomic E-state index is 10.6. The highest BCUT2D eigenvalue weighted by Gasteiger charge is 2.46. The molecule has 3 aliphatic rings. The van der Waals surface area contributed by atoms with Crippen LogP contribution in [0.5, 0.6) is 0 Å². The van der Waals surface area contributed by atoms with Gasteiger partial charge in [-0.15, -0.1) is 0 Å². The number of hydrogen-bond donors (Lipinski definition) is 3. The molecule has 0 saturated carbocycles. The third kappa shape index (κ3) is 5.75. The van der Waals surface area contributed by atoms with E-state index >= 15 is 0 Å². The zero-order valence-electron chi connectivity index (χ0n) is 17.4. The van der Waals surface area contributed by atoms with Gasteiger partial charge in [0.05, 0.1) is 12.2 Å². The molecule has 0 amide bonds. The number of hydrazine groups is 1. The van der Waals surface area contributed by atoms with E-state index in [1.54, 1.807) is 13.2 Å². The summed E-state index contributed by atoms with van der Waals surface area (Å²) in [6.07, 6.45) is 5.86. The van der Waals surface area contributed by atoms with Crippen LogP contribution in [-0.4, -0.2) is 87.4 Å². The zero-order chi connectivity index (χ0) is 20.7. The van der Waals surface area contributed by atoms with Gasteiger partial charge in [-0.1, -0.05) is 0 Å². The van der Waals surface area contributed by atoms with Crippen LogP contribution in [0.3, 0.4) is 0 Å². The number of aliphatic imine (C=N–C) groups is 1. The van der Waals surface area contributed by atoms with Crippen LogP contribution < -0.4 is 10.9 Å². The molecule has 0 aliphatic carbocycles. The number of nitrogens with zero attached hydrogens (tertiary/aromatic N) is 3. The Bertz CT molecular complexity index is 650. The van der Waals surface area contributed by atoms with Gasteiger partial charge >= 0.3 is 0 Å². The SMILES string of the molecule is CN=C1OC(COCP=O)CCCNNC=C1C(=N)N1CC2(CCCN(C)C2)C1. The normalized spacial score (nSPS) is 27.1. The minimum Gasteiger partial charge on any atom is -0.472 e. The first kappa shape index (κ1) is 22.2. The molecule has 0 aromatic carbocycles. The molecule has 3 heterocycles. The van der Waals surface area contributed by atoms with Crippen molar-refractivity contribution in [3.05, 3.63) is 11.8 Å². The average molecular weight is 424 g/mol.